The topological polar surface area (TPSA) is 75.9 Å². The number of hydrogen-bond acceptors (Lipinski definition) is 5. The third-order valence-electron chi connectivity index (χ3n) is 4.39. The number of aryl methyl sites for hydroxylation is 2. The lowest BCUT2D eigenvalue weighted by Gasteiger charge is -2.33. The van der Waals surface area contributed by atoms with Gasteiger partial charge in [-0.15, -0.1) is 0 Å². The molecule has 3 rings (SSSR count). The summed E-state index contributed by atoms with van der Waals surface area (Å²) in [5, 5.41) is 7.21. The number of hydrogen-bond donors (Lipinski definition) is 1. The van der Waals surface area contributed by atoms with E-state index in [2.05, 4.69) is 32.2 Å². The number of anilines is 1. The highest BCUT2D eigenvalue weighted by atomic mass is 16.2. The molecule has 2 aromatic heterocycles. The first-order valence-corrected chi connectivity index (χ1v) is 7.88. The number of nitrogens with one attached hydrogen (secondary N) is 1. The standard InChI is InChI=1S/C16H22N6O/c1-11-12(2)17-10-18-15(11)22-8-4-13(5-9-22)19-16(23)14-6-7-21(3)20-14/h6-7,10,13H,4-5,8-9H2,1-3H3,(H,19,23). The molecule has 7 nitrogen and oxygen atoms in total. The third-order valence-corrected chi connectivity index (χ3v) is 4.39. The van der Waals surface area contributed by atoms with Crippen LogP contribution in [0.25, 0.3) is 0 Å². The van der Waals surface area contributed by atoms with Crippen molar-refractivity contribution in [2.45, 2.75) is 32.7 Å². The van der Waals surface area contributed by atoms with E-state index in [4.69, 9.17) is 0 Å². The van der Waals surface area contributed by atoms with Gasteiger partial charge >= 0.3 is 0 Å². The number of amides is 1. The monoisotopic (exact) mass is 314 g/mol. The van der Waals surface area contributed by atoms with Crippen molar-refractivity contribution in [1.82, 2.24) is 25.1 Å². The minimum Gasteiger partial charge on any atom is -0.356 e. The third kappa shape index (κ3) is 3.33. The molecule has 1 aliphatic heterocycles. The van der Waals surface area contributed by atoms with E-state index in [0.29, 0.717) is 5.69 Å². The predicted molar refractivity (Wildman–Crippen MR) is 87.4 cm³/mol. The zero-order valence-electron chi connectivity index (χ0n) is 13.8. The number of carbonyl (C=O) groups is 1. The van der Waals surface area contributed by atoms with Crippen molar-refractivity contribution in [2.24, 2.45) is 7.05 Å². The second-order valence-corrected chi connectivity index (χ2v) is 6.02. The number of aromatic nitrogens is 4. The first-order valence-electron chi connectivity index (χ1n) is 7.88. The molecule has 1 aliphatic rings. The Morgan fingerprint density at radius 2 is 2.00 bits per heavy atom. The van der Waals surface area contributed by atoms with E-state index < -0.39 is 0 Å². The fourth-order valence-electron chi connectivity index (χ4n) is 2.88. The summed E-state index contributed by atoms with van der Waals surface area (Å²) < 4.78 is 1.64. The number of piperidine rings is 1. The van der Waals surface area contributed by atoms with Crippen LogP contribution in [-0.2, 0) is 7.05 Å². The molecule has 0 radical (unpaired) electrons. The summed E-state index contributed by atoms with van der Waals surface area (Å²) in [6, 6.07) is 1.92. The molecular formula is C16H22N6O. The smallest absolute Gasteiger partial charge is 0.271 e. The van der Waals surface area contributed by atoms with Gasteiger partial charge in [0.1, 0.15) is 17.8 Å². The first-order chi connectivity index (χ1) is 11.0. The molecule has 0 unspecified atom stereocenters. The van der Waals surface area contributed by atoms with Crippen molar-refractivity contribution >= 4 is 11.7 Å². The summed E-state index contributed by atoms with van der Waals surface area (Å²) in [5.41, 5.74) is 2.61. The molecule has 0 atom stereocenters. The second kappa shape index (κ2) is 6.36. The molecule has 0 spiro atoms. The summed E-state index contributed by atoms with van der Waals surface area (Å²) in [4.78, 5) is 23.1. The summed E-state index contributed by atoms with van der Waals surface area (Å²) in [7, 11) is 1.81. The van der Waals surface area contributed by atoms with Crippen LogP contribution in [-0.4, -0.2) is 44.8 Å². The van der Waals surface area contributed by atoms with Gasteiger partial charge in [-0.25, -0.2) is 9.97 Å². The summed E-state index contributed by atoms with van der Waals surface area (Å²) in [6.45, 7) is 5.81. The lowest BCUT2D eigenvalue weighted by Crippen LogP contribution is -2.45. The molecule has 1 amide bonds. The average molecular weight is 314 g/mol. The van der Waals surface area contributed by atoms with Gasteiger partial charge in [-0.1, -0.05) is 0 Å². The fourth-order valence-corrected chi connectivity index (χ4v) is 2.88. The van der Waals surface area contributed by atoms with Crippen LogP contribution in [0.2, 0.25) is 0 Å². The molecule has 122 valence electrons. The van der Waals surface area contributed by atoms with Gasteiger partial charge in [0.2, 0.25) is 0 Å². The zero-order chi connectivity index (χ0) is 16.4. The first kappa shape index (κ1) is 15.5. The molecule has 23 heavy (non-hydrogen) atoms. The maximum Gasteiger partial charge on any atom is 0.271 e. The maximum absolute atomic E-state index is 12.2. The van der Waals surface area contributed by atoms with Crippen molar-refractivity contribution in [3.63, 3.8) is 0 Å². The van der Waals surface area contributed by atoms with Crippen molar-refractivity contribution in [1.29, 1.82) is 0 Å². The second-order valence-electron chi connectivity index (χ2n) is 6.02. The van der Waals surface area contributed by atoms with Crippen LogP contribution in [0.15, 0.2) is 18.6 Å². The minimum absolute atomic E-state index is 0.0990. The summed E-state index contributed by atoms with van der Waals surface area (Å²) in [5.74, 6) is 0.908. The van der Waals surface area contributed by atoms with Gasteiger partial charge in [-0.05, 0) is 32.8 Å². The lowest BCUT2D eigenvalue weighted by atomic mass is 10.0. The van der Waals surface area contributed by atoms with Crippen molar-refractivity contribution in [3.05, 3.63) is 35.5 Å². The molecule has 1 saturated heterocycles. The van der Waals surface area contributed by atoms with Crippen LogP contribution in [0.5, 0.6) is 0 Å². The number of rotatable bonds is 3. The largest absolute Gasteiger partial charge is 0.356 e. The van der Waals surface area contributed by atoms with Crippen LogP contribution in [0.1, 0.15) is 34.6 Å². The van der Waals surface area contributed by atoms with Crippen LogP contribution < -0.4 is 10.2 Å². The molecule has 0 aliphatic carbocycles. The van der Waals surface area contributed by atoms with Crippen LogP contribution in [0.3, 0.4) is 0 Å². The van der Waals surface area contributed by atoms with Gasteiger partial charge in [0, 0.05) is 43.6 Å². The van der Waals surface area contributed by atoms with Gasteiger partial charge in [0.15, 0.2) is 0 Å². The highest BCUT2D eigenvalue weighted by Crippen LogP contribution is 2.22. The molecule has 1 fully saturated rings. The van der Waals surface area contributed by atoms with E-state index in [-0.39, 0.29) is 11.9 Å². The molecule has 0 aromatic carbocycles. The Bertz CT molecular complexity index is 702. The minimum atomic E-state index is -0.0990. The highest BCUT2D eigenvalue weighted by molar-refractivity contribution is 5.92. The highest BCUT2D eigenvalue weighted by Gasteiger charge is 2.23. The molecule has 7 heteroatoms. The maximum atomic E-state index is 12.2. The van der Waals surface area contributed by atoms with Crippen molar-refractivity contribution in [2.75, 3.05) is 18.0 Å². The average Bonchev–Trinajstić information content (AvgIpc) is 2.98. The van der Waals surface area contributed by atoms with Gasteiger partial charge in [0.25, 0.3) is 5.91 Å². The fraction of sp³-hybridized carbons (Fsp3) is 0.500. The quantitative estimate of drug-likeness (QED) is 0.922. The van der Waals surface area contributed by atoms with Gasteiger partial charge in [-0.3, -0.25) is 9.48 Å². The van der Waals surface area contributed by atoms with Gasteiger partial charge in [-0.2, -0.15) is 5.10 Å². The molecule has 1 N–H and O–H groups in total. The van der Waals surface area contributed by atoms with Gasteiger partial charge in [0.05, 0.1) is 0 Å². The van der Waals surface area contributed by atoms with Gasteiger partial charge < -0.3 is 10.2 Å². The molecule has 0 saturated carbocycles. The van der Waals surface area contributed by atoms with E-state index in [1.807, 2.05) is 6.92 Å². The Morgan fingerprint density at radius 3 is 2.65 bits per heavy atom. The van der Waals surface area contributed by atoms with Crippen LogP contribution in [0, 0.1) is 13.8 Å². The number of nitrogens with zero attached hydrogens (tertiary/aromatic N) is 5. The predicted octanol–water partition coefficient (Wildman–Crippen LogP) is 1.23. The van der Waals surface area contributed by atoms with E-state index in [9.17, 15) is 4.79 Å². The summed E-state index contributed by atoms with van der Waals surface area (Å²) in [6.07, 6.45) is 5.20. The van der Waals surface area contributed by atoms with E-state index in [1.54, 1.807) is 30.3 Å². The summed E-state index contributed by atoms with van der Waals surface area (Å²) >= 11 is 0. The Labute approximate surface area is 135 Å². The number of carbonyl (C=O) groups excluding carboxylic acids is 1. The van der Waals surface area contributed by atoms with Crippen LogP contribution in [0.4, 0.5) is 5.82 Å². The van der Waals surface area contributed by atoms with E-state index in [1.165, 1.54) is 0 Å². The Morgan fingerprint density at radius 1 is 1.26 bits per heavy atom. The van der Waals surface area contributed by atoms with E-state index in [0.717, 1.165) is 43.0 Å². The molecule has 3 heterocycles. The van der Waals surface area contributed by atoms with Crippen LogP contribution >= 0.6 is 0 Å². The molecule has 0 bridgehead atoms. The SMILES string of the molecule is Cc1ncnc(N2CCC(NC(=O)c3ccn(C)n3)CC2)c1C. The Kier molecular flexibility index (Phi) is 4.27. The Balaban J connectivity index is 1.58. The molecule has 2 aromatic rings. The van der Waals surface area contributed by atoms with E-state index >= 15 is 0 Å². The molecular weight excluding hydrogens is 292 g/mol. The Hall–Kier alpha value is -2.44. The lowest BCUT2D eigenvalue weighted by molar-refractivity contribution is 0.0925. The zero-order valence-corrected chi connectivity index (χ0v) is 13.8. The normalized spacial score (nSPS) is 15.7. The van der Waals surface area contributed by atoms with Crippen molar-refractivity contribution < 1.29 is 4.79 Å². The van der Waals surface area contributed by atoms with Crippen molar-refractivity contribution in [3.8, 4) is 0 Å².